The highest BCUT2D eigenvalue weighted by Gasteiger charge is 2.23. The molecule has 3 aromatic rings. The van der Waals surface area contributed by atoms with Crippen molar-refractivity contribution in [1.29, 1.82) is 0 Å². The van der Waals surface area contributed by atoms with E-state index in [-0.39, 0.29) is 22.2 Å². The molecule has 3 rings (SSSR count). The molecule has 0 atom stereocenters. The topological polar surface area (TPSA) is 76.3 Å². The van der Waals surface area contributed by atoms with Crippen molar-refractivity contribution in [3.8, 4) is 0 Å². The fourth-order valence-electron chi connectivity index (χ4n) is 2.50. The minimum absolute atomic E-state index is 0.000195. The second-order valence-corrected chi connectivity index (χ2v) is 6.81. The van der Waals surface area contributed by atoms with Crippen LogP contribution in [0.2, 0.25) is 5.02 Å². The lowest BCUT2D eigenvalue weighted by Crippen LogP contribution is -2.30. The number of para-hydroxylation sites is 1. The summed E-state index contributed by atoms with van der Waals surface area (Å²) in [4.78, 5) is 29.4. The van der Waals surface area contributed by atoms with E-state index in [1.54, 1.807) is 0 Å². The summed E-state index contributed by atoms with van der Waals surface area (Å²) in [6.07, 6.45) is 0. The Kier molecular flexibility index (Phi) is 4.69. The van der Waals surface area contributed by atoms with E-state index in [9.17, 15) is 14.9 Å². The van der Waals surface area contributed by atoms with Gasteiger partial charge in [0.25, 0.3) is 11.6 Å². The largest absolute Gasteiger partial charge is 0.288 e. The van der Waals surface area contributed by atoms with Crippen LogP contribution in [-0.2, 0) is 0 Å². The molecule has 0 spiro atoms. The highest BCUT2D eigenvalue weighted by molar-refractivity contribution is 7.22. The number of halogens is 1. The number of carbonyl (C=O) groups is 1. The van der Waals surface area contributed by atoms with Crippen molar-refractivity contribution in [1.82, 2.24) is 4.98 Å². The van der Waals surface area contributed by atoms with Crippen LogP contribution in [-0.4, -0.2) is 22.4 Å². The van der Waals surface area contributed by atoms with Gasteiger partial charge in [-0.05, 0) is 37.6 Å². The van der Waals surface area contributed by atoms with Gasteiger partial charge in [0, 0.05) is 18.2 Å². The van der Waals surface area contributed by atoms with Gasteiger partial charge in [0.2, 0.25) is 0 Å². The van der Waals surface area contributed by atoms with E-state index in [0.717, 1.165) is 15.8 Å². The van der Waals surface area contributed by atoms with Crippen LogP contribution >= 0.6 is 22.9 Å². The Morgan fingerprint density at radius 2 is 2.12 bits per heavy atom. The number of hydrogen-bond acceptors (Lipinski definition) is 5. The SMILES string of the molecule is CCN(C(=O)c1ccc(Cl)c([N+](=O)[O-])c1)c1nc2c(C)cccc2s1. The Morgan fingerprint density at radius 3 is 2.76 bits per heavy atom. The number of aryl methyl sites for hydroxylation is 1. The first kappa shape index (κ1) is 17.3. The smallest absolute Gasteiger partial charge is 0.284 e. The molecule has 0 radical (unpaired) electrons. The van der Waals surface area contributed by atoms with Gasteiger partial charge in [-0.2, -0.15) is 0 Å². The summed E-state index contributed by atoms with van der Waals surface area (Å²) in [5.41, 5.74) is 1.80. The van der Waals surface area contributed by atoms with Crippen LogP contribution in [0.3, 0.4) is 0 Å². The number of benzene rings is 2. The molecular weight excluding hydrogens is 362 g/mol. The third-order valence-electron chi connectivity index (χ3n) is 3.79. The monoisotopic (exact) mass is 375 g/mol. The van der Waals surface area contributed by atoms with E-state index in [4.69, 9.17) is 11.6 Å². The van der Waals surface area contributed by atoms with Gasteiger partial charge in [0.05, 0.1) is 15.1 Å². The molecule has 8 heteroatoms. The van der Waals surface area contributed by atoms with Crippen molar-refractivity contribution < 1.29 is 9.72 Å². The van der Waals surface area contributed by atoms with Crippen molar-refractivity contribution in [2.24, 2.45) is 0 Å². The molecule has 0 saturated carbocycles. The summed E-state index contributed by atoms with van der Waals surface area (Å²) < 4.78 is 0.989. The maximum Gasteiger partial charge on any atom is 0.288 e. The highest BCUT2D eigenvalue weighted by Crippen LogP contribution is 2.32. The molecule has 1 amide bonds. The molecule has 0 N–H and O–H groups in total. The van der Waals surface area contributed by atoms with E-state index in [0.29, 0.717) is 11.7 Å². The van der Waals surface area contributed by atoms with Crippen molar-refractivity contribution in [3.63, 3.8) is 0 Å². The summed E-state index contributed by atoms with van der Waals surface area (Å²) in [5.74, 6) is -0.348. The van der Waals surface area contributed by atoms with E-state index >= 15 is 0 Å². The molecule has 1 heterocycles. The first-order chi connectivity index (χ1) is 11.9. The molecule has 6 nitrogen and oxygen atoms in total. The van der Waals surface area contributed by atoms with Crippen molar-refractivity contribution >= 4 is 49.9 Å². The van der Waals surface area contributed by atoms with Crippen molar-refractivity contribution in [2.45, 2.75) is 13.8 Å². The maximum absolute atomic E-state index is 12.9. The molecule has 0 bridgehead atoms. The lowest BCUT2D eigenvalue weighted by Gasteiger charge is -2.17. The van der Waals surface area contributed by atoms with Crippen LogP contribution in [0.5, 0.6) is 0 Å². The lowest BCUT2D eigenvalue weighted by molar-refractivity contribution is -0.384. The second-order valence-electron chi connectivity index (χ2n) is 5.39. The third-order valence-corrected chi connectivity index (χ3v) is 5.15. The third kappa shape index (κ3) is 3.20. The molecule has 0 saturated heterocycles. The fourth-order valence-corrected chi connectivity index (χ4v) is 3.79. The molecule has 0 fully saturated rings. The minimum Gasteiger partial charge on any atom is -0.284 e. The molecule has 128 valence electrons. The van der Waals surface area contributed by atoms with Crippen LogP contribution < -0.4 is 4.90 Å². The number of anilines is 1. The van der Waals surface area contributed by atoms with E-state index < -0.39 is 4.92 Å². The van der Waals surface area contributed by atoms with E-state index in [2.05, 4.69) is 4.98 Å². The number of thiazole rings is 1. The Hall–Kier alpha value is -2.51. The van der Waals surface area contributed by atoms with Crippen LogP contribution in [0, 0.1) is 17.0 Å². The number of aromatic nitrogens is 1. The summed E-state index contributed by atoms with van der Waals surface area (Å²) in [7, 11) is 0. The van der Waals surface area contributed by atoms with Gasteiger partial charge in [0.1, 0.15) is 5.02 Å². The standard InChI is InChI=1S/C17H14ClN3O3S/c1-3-20(17-19-15-10(2)5-4-6-14(15)25-17)16(22)11-7-8-12(18)13(9-11)21(23)24/h4-9H,3H2,1-2H3. The molecular formula is C17H14ClN3O3S. The maximum atomic E-state index is 12.9. The van der Waals surface area contributed by atoms with Crippen molar-refractivity contribution in [2.75, 3.05) is 11.4 Å². The van der Waals surface area contributed by atoms with E-state index in [1.165, 1.54) is 34.4 Å². The lowest BCUT2D eigenvalue weighted by atomic mass is 10.2. The molecule has 0 aliphatic heterocycles. The number of amides is 1. The zero-order valence-corrected chi connectivity index (χ0v) is 15.1. The van der Waals surface area contributed by atoms with Gasteiger partial charge in [-0.15, -0.1) is 0 Å². The molecule has 0 aliphatic rings. The zero-order valence-electron chi connectivity index (χ0n) is 13.5. The molecule has 0 unspecified atom stereocenters. The van der Waals surface area contributed by atoms with Crippen molar-refractivity contribution in [3.05, 3.63) is 62.7 Å². The Bertz CT molecular complexity index is 986. The molecule has 2 aromatic carbocycles. The fraction of sp³-hybridized carbons (Fsp3) is 0.176. The van der Waals surface area contributed by atoms with Gasteiger partial charge >= 0.3 is 0 Å². The van der Waals surface area contributed by atoms with Gasteiger partial charge in [-0.1, -0.05) is 35.1 Å². The number of nitro groups is 1. The number of nitrogens with zero attached hydrogens (tertiary/aromatic N) is 3. The average Bonchev–Trinajstić information content (AvgIpc) is 3.00. The van der Waals surface area contributed by atoms with E-state index in [1.807, 2.05) is 32.0 Å². The molecule has 25 heavy (non-hydrogen) atoms. The number of hydrogen-bond donors (Lipinski definition) is 0. The van der Waals surface area contributed by atoms with Crippen LogP contribution in [0.4, 0.5) is 10.8 Å². The van der Waals surface area contributed by atoms with Crippen LogP contribution in [0.15, 0.2) is 36.4 Å². The quantitative estimate of drug-likeness (QED) is 0.483. The van der Waals surface area contributed by atoms with Gasteiger partial charge in [-0.3, -0.25) is 19.8 Å². The summed E-state index contributed by atoms with van der Waals surface area (Å²) in [5, 5.41) is 11.6. The minimum atomic E-state index is -0.601. The normalized spacial score (nSPS) is 10.8. The first-order valence-corrected chi connectivity index (χ1v) is 8.73. The number of rotatable bonds is 4. The predicted octanol–water partition coefficient (Wildman–Crippen LogP) is 4.83. The highest BCUT2D eigenvalue weighted by atomic mass is 35.5. The summed E-state index contributed by atoms with van der Waals surface area (Å²) in [6, 6.07) is 9.91. The second kappa shape index (κ2) is 6.78. The predicted molar refractivity (Wildman–Crippen MR) is 99.8 cm³/mol. The van der Waals surface area contributed by atoms with Crippen LogP contribution in [0.25, 0.3) is 10.2 Å². The Labute approximate surface area is 152 Å². The Balaban J connectivity index is 2.02. The van der Waals surface area contributed by atoms with Gasteiger partial charge < -0.3 is 0 Å². The summed E-state index contributed by atoms with van der Waals surface area (Å²) >= 11 is 7.24. The van der Waals surface area contributed by atoms with Crippen LogP contribution in [0.1, 0.15) is 22.8 Å². The summed E-state index contributed by atoms with van der Waals surface area (Å²) in [6.45, 7) is 4.20. The molecule has 1 aromatic heterocycles. The Morgan fingerprint density at radius 1 is 1.36 bits per heavy atom. The zero-order chi connectivity index (χ0) is 18.1. The first-order valence-electron chi connectivity index (χ1n) is 7.54. The number of fused-ring (bicyclic) bond motifs is 1. The number of nitro benzene ring substituents is 1. The van der Waals surface area contributed by atoms with Gasteiger partial charge in [-0.25, -0.2) is 4.98 Å². The molecule has 0 aliphatic carbocycles. The average molecular weight is 376 g/mol. The number of carbonyl (C=O) groups excluding carboxylic acids is 1. The van der Waals surface area contributed by atoms with Gasteiger partial charge in [0.15, 0.2) is 5.13 Å².